The number of H-pyrrole nitrogens is 1. The standard InChI is InChI=1S/C21H29N7/c1-4-15-6-5-7-18-16(12-24-20(15)18)10-11-23-21(22-3)26-17-8-9-19-25-14(2)27-28(19)13-17/h5-7,12,17,24H,4,8-11,13H2,1-3H3,(H2,22,23,26). The summed E-state index contributed by atoms with van der Waals surface area (Å²) in [6.07, 6.45) is 6.12. The lowest BCUT2D eigenvalue weighted by molar-refractivity contribution is 0.392. The Hall–Kier alpha value is -2.83. The zero-order chi connectivity index (χ0) is 19.5. The van der Waals surface area contributed by atoms with Crippen LogP contribution in [0.5, 0.6) is 0 Å². The Balaban J connectivity index is 1.33. The number of aliphatic imine (C=N–C) groups is 1. The Bertz CT molecular complexity index is 982. The summed E-state index contributed by atoms with van der Waals surface area (Å²) in [4.78, 5) is 12.3. The summed E-state index contributed by atoms with van der Waals surface area (Å²) in [5.74, 6) is 2.78. The molecule has 1 aliphatic heterocycles. The molecule has 28 heavy (non-hydrogen) atoms. The van der Waals surface area contributed by atoms with Crippen LogP contribution in [-0.2, 0) is 25.8 Å². The third-order valence-electron chi connectivity index (χ3n) is 5.48. The molecule has 1 aliphatic rings. The van der Waals surface area contributed by atoms with Crippen LogP contribution in [0.3, 0.4) is 0 Å². The molecule has 0 aliphatic carbocycles. The van der Waals surface area contributed by atoms with E-state index < -0.39 is 0 Å². The van der Waals surface area contributed by atoms with E-state index in [0.717, 1.165) is 56.4 Å². The molecule has 7 nitrogen and oxygen atoms in total. The molecule has 1 unspecified atom stereocenters. The summed E-state index contributed by atoms with van der Waals surface area (Å²) in [5, 5.41) is 12.8. The molecule has 7 heteroatoms. The predicted molar refractivity (Wildman–Crippen MR) is 113 cm³/mol. The minimum Gasteiger partial charge on any atom is -0.361 e. The SMILES string of the molecule is CCc1cccc2c(CCNC(=NC)NC3CCc4nc(C)nn4C3)c[nH]c12. The summed E-state index contributed by atoms with van der Waals surface area (Å²) in [5.41, 5.74) is 3.98. The van der Waals surface area contributed by atoms with Gasteiger partial charge in [0.2, 0.25) is 0 Å². The largest absolute Gasteiger partial charge is 0.361 e. The minimum atomic E-state index is 0.319. The molecule has 0 saturated carbocycles. The number of rotatable bonds is 5. The zero-order valence-electron chi connectivity index (χ0n) is 16.9. The van der Waals surface area contributed by atoms with Gasteiger partial charge in [-0.15, -0.1) is 0 Å². The smallest absolute Gasteiger partial charge is 0.191 e. The monoisotopic (exact) mass is 379 g/mol. The number of hydrogen-bond donors (Lipinski definition) is 3. The Morgan fingerprint density at radius 3 is 3.07 bits per heavy atom. The highest BCUT2D eigenvalue weighted by Crippen LogP contribution is 2.22. The highest BCUT2D eigenvalue weighted by Gasteiger charge is 2.21. The first-order valence-electron chi connectivity index (χ1n) is 10.1. The molecule has 0 radical (unpaired) electrons. The second-order valence-electron chi connectivity index (χ2n) is 7.39. The van der Waals surface area contributed by atoms with Crippen molar-refractivity contribution < 1.29 is 0 Å². The molecule has 0 fully saturated rings. The number of para-hydroxylation sites is 1. The first-order valence-corrected chi connectivity index (χ1v) is 10.1. The van der Waals surface area contributed by atoms with Gasteiger partial charge in [-0.2, -0.15) is 5.10 Å². The maximum atomic E-state index is 4.48. The van der Waals surface area contributed by atoms with Crippen LogP contribution < -0.4 is 10.6 Å². The van der Waals surface area contributed by atoms with Gasteiger partial charge in [0, 0.05) is 43.2 Å². The van der Waals surface area contributed by atoms with Crippen LogP contribution in [0.25, 0.3) is 10.9 Å². The number of fused-ring (bicyclic) bond motifs is 2. The van der Waals surface area contributed by atoms with Gasteiger partial charge in [0.15, 0.2) is 5.96 Å². The second kappa shape index (κ2) is 8.04. The van der Waals surface area contributed by atoms with E-state index in [0.29, 0.717) is 6.04 Å². The van der Waals surface area contributed by atoms with Crippen molar-refractivity contribution in [3.8, 4) is 0 Å². The highest BCUT2D eigenvalue weighted by atomic mass is 15.4. The van der Waals surface area contributed by atoms with Crippen molar-refractivity contribution in [3.63, 3.8) is 0 Å². The van der Waals surface area contributed by atoms with Gasteiger partial charge in [-0.05, 0) is 37.3 Å². The molecule has 1 atom stereocenters. The topological polar surface area (TPSA) is 82.9 Å². The molecule has 0 spiro atoms. The summed E-state index contributed by atoms with van der Waals surface area (Å²) in [6.45, 7) is 5.81. The van der Waals surface area contributed by atoms with E-state index in [1.54, 1.807) is 0 Å². The summed E-state index contributed by atoms with van der Waals surface area (Å²) < 4.78 is 2.01. The third kappa shape index (κ3) is 3.74. The normalized spacial score (nSPS) is 17.0. The van der Waals surface area contributed by atoms with Crippen molar-refractivity contribution in [2.45, 2.75) is 52.1 Å². The van der Waals surface area contributed by atoms with E-state index in [1.807, 2.05) is 18.7 Å². The Morgan fingerprint density at radius 2 is 2.25 bits per heavy atom. The van der Waals surface area contributed by atoms with Gasteiger partial charge >= 0.3 is 0 Å². The molecule has 0 amide bonds. The van der Waals surface area contributed by atoms with E-state index >= 15 is 0 Å². The van der Waals surface area contributed by atoms with Gasteiger partial charge in [0.05, 0.1) is 6.54 Å². The van der Waals surface area contributed by atoms with Crippen molar-refractivity contribution in [3.05, 3.63) is 47.2 Å². The number of aromatic nitrogens is 4. The minimum absolute atomic E-state index is 0.319. The van der Waals surface area contributed by atoms with E-state index in [2.05, 4.69) is 62.0 Å². The first-order chi connectivity index (χ1) is 13.7. The number of hydrogen-bond acceptors (Lipinski definition) is 3. The Kier molecular flexibility index (Phi) is 5.32. The van der Waals surface area contributed by atoms with Crippen molar-refractivity contribution in [2.24, 2.45) is 4.99 Å². The zero-order valence-corrected chi connectivity index (χ0v) is 16.9. The molecule has 3 aromatic rings. The molecule has 0 bridgehead atoms. The van der Waals surface area contributed by atoms with Crippen molar-refractivity contribution in [1.82, 2.24) is 30.4 Å². The van der Waals surface area contributed by atoms with E-state index in [1.165, 1.54) is 22.0 Å². The molecule has 148 valence electrons. The molecule has 4 rings (SSSR count). The van der Waals surface area contributed by atoms with Crippen LogP contribution in [0.4, 0.5) is 0 Å². The molecule has 3 N–H and O–H groups in total. The number of nitrogens with zero attached hydrogens (tertiary/aromatic N) is 4. The second-order valence-corrected chi connectivity index (χ2v) is 7.39. The Morgan fingerprint density at radius 1 is 1.36 bits per heavy atom. The van der Waals surface area contributed by atoms with Crippen LogP contribution in [0.15, 0.2) is 29.4 Å². The quantitative estimate of drug-likeness (QED) is 0.469. The van der Waals surface area contributed by atoms with Gasteiger partial charge in [-0.1, -0.05) is 25.1 Å². The summed E-state index contributed by atoms with van der Waals surface area (Å²) in [6, 6.07) is 6.86. The number of nitrogens with one attached hydrogen (secondary N) is 3. The average Bonchev–Trinajstić information content (AvgIpc) is 3.29. The van der Waals surface area contributed by atoms with Gasteiger partial charge < -0.3 is 15.6 Å². The fourth-order valence-corrected chi connectivity index (χ4v) is 4.03. The molecule has 0 saturated heterocycles. The van der Waals surface area contributed by atoms with Gasteiger partial charge in [-0.3, -0.25) is 4.99 Å². The molecular weight excluding hydrogens is 350 g/mol. The highest BCUT2D eigenvalue weighted by molar-refractivity contribution is 5.86. The number of benzene rings is 1. The fraction of sp³-hybridized carbons (Fsp3) is 0.476. The van der Waals surface area contributed by atoms with Crippen LogP contribution in [0, 0.1) is 6.92 Å². The van der Waals surface area contributed by atoms with Crippen LogP contribution in [0.2, 0.25) is 0 Å². The molecular formula is C21H29N7. The van der Waals surface area contributed by atoms with Gasteiger partial charge in [0.1, 0.15) is 11.6 Å². The number of guanidine groups is 1. The molecule has 3 heterocycles. The van der Waals surface area contributed by atoms with Crippen LogP contribution >= 0.6 is 0 Å². The van der Waals surface area contributed by atoms with E-state index in [4.69, 9.17) is 0 Å². The number of aromatic amines is 1. The summed E-state index contributed by atoms with van der Waals surface area (Å²) in [7, 11) is 1.82. The van der Waals surface area contributed by atoms with Crippen molar-refractivity contribution in [2.75, 3.05) is 13.6 Å². The van der Waals surface area contributed by atoms with Crippen LogP contribution in [-0.4, -0.2) is 45.3 Å². The third-order valence-corrected chi connectivity index (χ3v) is 5.48. The predicted octanol–water partition coefficient (Wildman–Crippen LogP) is 2.35. The lowest BCUT2D eigenvalue weighted by Crippen LogP contribution is -2.47. The molecule has 1 aromatic carbocycles. The van der Waals surface area contributed by atoms with Crippen LogP contribution in [0.1, 0.15) is 36.1 Å². The first kappa shape index (κ1) is 18.5. The lowest BCUT2D eigenvalue weighted by atomic mass is 10.1. The Labute approximate surface area is 165 Å². The van der Waals surface area contributed by atoms with Crippen molar-refractivity contribution in [1.29, 1.82) is 0 Å². The average molecular weight is 380 g/mol. The maximum Gasteiger partial charge on any atom is 0.191 e. The van der Waals surface area contributed by atoms with Gasteiger partial charge in [-0.25, -0.2) is 9.67 Å². The summed E-state index contributed by atoms with van der Waals surface area (Å²) >= 11 is 0. The van der Waals surface area contributed by atoms with E-state index in [-0.39, 0.29) is 0 Å². The van der Waals surface area contributed by atoms with E-state index in [9.17, 15) is 0 Å². The fourth-order valence-electron chi connectivity index (χ4n) is 4.03. The number of aryl methyl sites for hydroxylation is 3. The lowest BCUT2D eigenvalue weighted by Gasteiger charge is -2.25. The molecule has 2 aromatic heterocycles. The van der Waals surface area contributed by atoms with Crippen molar-refractivity contribution >= 4 is 16.9 Å². The maximum absolute atomic E-state index is 4.48. The van der Waals surface area contributed by atoms with Gasteiger partial charge in [0.25, 0.3) is 0 Å².